The van der Waals surface area contributed by atoms with Crippen LogP contribution in [0.1, 0.15) is 16.8 Å². The molecule has 0 amide bonds. The molecule has 0 bridgehead atoms. The topological polar surface area (TPSA) is 63.4 Å². The molecule has 3 aromatic rings. The molecule has 0 saturated carbocycles. The van der Waals surface area contributed by atoms with Gasteiger partial charge >= 0.3 is 0 Å². The number of nitrogens with zero attached hydrogens (tertiary/aromatic N) is 2. The Morgan fingerprint density at radius 1 is 1.08 bits per heavy atom. The molecule has 7 heteroatoms. The van der Waals surface area contributed by atoms with Crippen LogP contribution in [-0.2, 0) is 23.0 Å². The Kier molecular flexibility index (Phi) is 4.13. The second-order valence-corrected chi connectivity index (χ2v) is 8.28. The Hall–Kier alpha value is -2.51. The fourth-order valence-corrected chi connectivity index (χ4v) is 4.49. The molecule has 0 aliphatic carbocycles. The molecule has 5 nitrogen and oxygen atoms in total. The van der Waals surface area contributed by atoms with Crippen molar-refractivity contribution in [2.75, 3.05) is 6.54 Å². The third kappa shape index (κ3) is 2.93. The standard InChI is InChI=1S/C19H17FN2O3S/c1-13-2-8-16(9-3-13)26(23,24)22-11-10-18-17(12-22)19(25-21-18)14-4-6-15(20)7-5-14/h2-9H,10-12H2,1H3. The van der Waals surface area contributed by atoms with Crippen molar-refractivity contribution in [2.24, 2.45) is 0 Å². The first-order chi connectivity index (χ1) is 12.4. The second kappa shape index (κ2) is 6.34. The number of halogens is 1. The molecule has 0 fully saturated rings. The lowest BCUT2D eigenvalue weighted by Gasteiger charge is -2.25. The van der Waals surface area contributed by atoms with Crippen LogP contribution >= 0.6 is 0 Å². The Morgan fingerprint density at radius 2 is 1.77 bits per heavy atom. The highest BCUT2D eigenvalue weighted by Crippen LogP contribution is 2.32. The number of sulfonamides is 1. The summed E-state index contributed by atoms with van der Waals surface area (Å²) in [5, 5.41) is 4.07. The molecule has 0 unspecified atom stereocenters. The van der Waals surface area contributed by atoms with Crippen LogP contribution in [0.5, 0.6) is 0 Å². The fourth-order valence-electron chi connectivity index (χ4n) is 3.08. The first-order valence-corrected chi connectivity index (χ1v) is 9.69. The molecule has 1 aliphatic rings. The van der Waals surface area contributed by atoms with Crippen molar-refractivity contribution in [3.63, 3.8) is 0 Å². The smallest absolute Gasteiger partial charge is 0.243 e. The number of benzene rings is 2. The lowest BCUT2D eigenvalue weighted by atomic mass is 10.0. The number of hydrogen-bond donors (Lipinski definition) is 0. The van der Waals surface area contributed by atoms with E-state index >= 15 is 0 Å². The number of aryl methyl sites for hydroxylation is 1. The molecule has 1 aliphatic heterocycles. The zero-order valence-corrected chi connectivity index (χ0v) is 15.0. The van der Waals surface area contributed by atoms with Gasteiger partial charge in [0.1, 0.15) is 5.82 Å². The van der Waals surface area contributed by atoms with E-state index < -0.39 is 10.0 Å². The Bertz CT molecular complexity index is 1040. The maximum atomic E-state index is 13.2. The van der Waals surface area contributed by atoms with Crippen LogP contribution in [0.4, 0.5) is 4.39 Å². The Balaban J connectivity index is 1.68. The number of fused-ring (bicyclic) bond motifs is 1. The van der Waals surface area contributed by atoms with E-state index in [0.29, 0.717) is 24.3 Å². The minimum atomic E-state index is -3.60. The van der Waals surface area contributed by atoms with E-state index in [2.05, 4.69) is 5.16 Å². The Morgan fingerprint density at radius 3 is 2.46 bits per heavy atom. The highest BCUT2D eigenvalue weighted by Gasteiger charge is 2.32. The molecule has 4 rings (SSSR count). The van der Waals surface area contributed by atoms with Gasteiger partial charge in [0.05, 0.1) is 10.6 Å². The van der Waals surface area contributed by atoms with E-state index in [1.54, 1.807) is 36.4 Å². The normalized spacial score (nSPS) is 15.0. The summed E-state index contributed by atoms with van der Waals surface area (Å²) in [7, 11) is -3.60. The second-order valence-electron chi connectivity index (χ2n) is 6.35. The van der Waals surface area contributed by atoms with Crippen molar-refractivity contribution in [3.05, 3.63) is 71.2 Å². The quantitative estimate of drug-likeness (QED) is 0.705. The molecule has 0 N–H and O–H groups in total. The third-order valence-corrected chi connectivity index (χ3v) is 6.43. The van der Waals surface area contributed by atoms with Gasteiger partial charge in [0.2, 0.25) is 10.0 Å². The third-order valence-electron chi connectivity index (χ3n) is 4.57. The molecule has 26 heavy (non-hydrogen) atoms. The van der Waals surface area contributed by atoms with E-state index in [0.717, 1.165) is 16.8 Å². The van der Waals surface area contributed by atoms with Crippen molar-refractivity contribution < 1.29 is 17.3 Å². The molecule has 134 valence electrons. The summed E-state index contributed by atoms with van der Waals surface area (Å²) >= 11 is 0. The van der Waals surface area contributed by atoms with Crippen LogP contribution in [0.3, 0.4) is 0 Å². The molecule has 2 aromatic carbocycles. The van der Waals surface area contributed by atoms with Crippen LogP contribution in [-0.4, -0.2) is 24.4 Å². The van der Waals surface area contributed by atoms with E-state index in [1.807, 2.05) is 6.92 Å². The van der Waals surface area contributed by atoms with Crippen LogP contribution < -0.4 is 0 Å². The molecule has 0 spiro atoms. The summed E-state index contributed by atoms with van der Waals surface area (Å²) in [6.45, 7) is 2.44. The lowest BCUT2D eigenvalue weighted by molar-refractivity contribution is 0.386. The summed E-state index contributed by atoms with van der Waals surface area (Å²) in [4.78, 5) is 0.270. The molecular weight excluding hydrogens is 355 g/mol. The Labute approximate surface area is 151 Å². The molecule has 0 radical (unpaired) electrons. The maximum absolute atomic E-state index is 13.2. The predicted octanol–water partition coefficient (Wildman–Crippen LogP) is 3.54. The van der Waals surface area contributed by atoms with Crippen molar-refractivity contribution in [1.29, 1.82) is 0 Å². The van der Waals surface area contributed by atoms with E-state index in [9.17, 15) is 12.8 Å². The predicted molar refractivity (Wildman–Crippen MR) is 94.4 cm³/mol. The first kappa shape index (κ1) is 16.9. The van der Waals surface area contributed by atoms with Crippen LogP contribution in [0.15, 0.2) is 57.9 Å². The van der Waals surface area contributed by atoms with Crippen molar-refractivity contribution >= 4 is 10.0 Å². The van der Waals surface area contributed by atoms with Crippen molar-refractivity contribution in [2.45, 2.75) is 24.8 Å². The summed E-state index contributed by atoms with van der Waals surface area (Å²) in [6, 6.07) is 12.7. The van der Waals surface area contributed by atoms with E-state index in [-0.39, 0.29) is 17.3 Å². The van der Waals surface area contributed by atoms with Crippen molar-refractivity contribution in [1.82, 2.24) is 9.46 Å². The zero-order chi connectivity index (χ0) is 18.3. The van der Waals surface area contributed by atoms with Crippen LogP contribution in [0.2, 0.25) is 0 Å². The summed E-state index contributed by atoms with van der Waals surface area (Å²) in [6.07, 6.45) is 0.477. The summed E-state index contributed by atoms with van der Waals surface area (Å²) < 4.78 is 45.9. The van der Waals surface area contributed by atoms with Gasteiger partial charge in [-0.05, 0) is 43.3 Å². The molecule has 1 aromatic heterocycles. The van der Waals surface area contributed by atoms with Gasteiger partial charge in [0.15, 0.2) is 5.76 Å². The summed E-state index contributed by atoms with van der Waals surface area (Å²) in [5.74, 6) is 0.148. The zero-order valence-electron chi connectivity index (χ0n) is 14.1. The van der Waals surface area contributed by atoms with E-state index in [4.69, 9.17) is 4.52 Å². The average Bonchev–Trinajstić information content (AvgIpc) is 3.06. The van der Waals surface area contributed by atoms with Crippen molar-refractivity contribution in [3.8, 4) is 11.3 Å². The maximum Gasteiger partial charge on any atom is 0.243 e. The number of aromatic nitrogens is 1. The van der Waals surface area contributed by atoms with Crippen LogP contribution in [0.25, 0.3) is 11.3 Å². The summed E-state index contributed by atoms with van der Waals surface area (Å²) in [5.41, 5.74) is 3.16. The molecule has 0 atom stereocenters. The van der Waals surface area contributed by atoms with Gasteiger partial charge in [0.25, 0.3) is 0 Å². The first-order valence-electron chi connectivity index (χ1n) is 8.25. The van der Waals surface area contributed by atoms with Gasteiger partial charge in [-0.1, -0.05) is 22.9 Å². The number of hydrogen-bond acceptors (Lipinski definition) is 4. The molecule has 0 saturated heterocycles. The van der Waals surface area contributed by atoms with Gasteiger partial charge in [-0.15, -0.1) is 0 Å². The molecule has 2 heterocycles. The van der Waals surface area contributed by atoms with Gasteiger partial charge in [-0.25, -0.2) is 12.8 Å². The highest BCUT2D eigenvalue weighted by molar-refractivity contribution is 7.89. The largest absolute Gasteiger partial charge is 0.356 e. The lowest BCUT2D eigenvalue weighted by Crippen LogP contribution is -2.35. The van der Waals surface area contributed by atoms with Gasteiger partial charge in [-0.2, -0.15) is 4.31 Å². The van der Waals surface area contributed by atoms with E-state index in [1.165, 1.54) is 16.4 Å². The fraction of sp³-hybridized carbons (Fsp3) is 0.211. The minimum Gasteiger partial charge on any atom is -0.356 e. The number of rotatable bonds is 3. The SMILES string of the molecule is Cc1ccc(S(=O)(=O)N2CCc3noc(-c4ccc(F)cc4)c3C2)cc1. The average molecular weight is 372 g/mol. The van der Waals surface area contributed by atoms with Gasteiger partial charge in [0, 0.05) is 30.6 Å². The van der Waals surface area contributed by atoms with Crippen LogP contribution in [0, 0.1) is 12.7 Å². The molecular formula is C19H17FN2O3S. The minimum absolute atomic E-state index is 0.182. The highest BCUT2D eigenvalue weighted by atomic mass is 32.2. The van der Waals surface area contributed by atoms with Gasteiger partial charge < -0.3 is 4.52 Å². The van der Waals surface area contributed by atoms with Gasteiger partial charge in [-0.3, -0.25) is 0 Å². The monoisotopic (exact) mass is 372 g/mol.